The van der Waals surface area contributed by atoms with Crippen molar-refractivity contribution in [3.8, 4) is 0 Å². The van der Waals surface area contributed by atoms with Crippen LogP contribution in [0.5, 0.6) is 0 Å². The summed E-state index contributed by atoms with van der Waals surface area (Å²) in [7, 11) is -8.44. The highest BCUT2D eigenvalue weighted by Crippen LogP contribution is 2.09. The summed E-state index contributed by atoms with van der Waals surface area (Å²) in [6.07, 6.45) is 0. The molecule has 0 atom stereocenters. The van der Waals surface area contributed by atoms with Gasteiger partial charge in [-0.05, 0) is 59.9 Å². The quantitative estimate of drug-likeness (QED) is 0.107. The van der Waals surface area contributed by atoms with Crippen LogP contribution in [0.25, 0.3) is 0 Å². The molecule has 0 aliphatic heterocycles. The average molecular weight is 659 g/mol. The highest BCUT2D eigenvalue weighted by Gasteiger charge is 2.18. The summed E-state index contributed by atoms with van der Waals surface area (Å²) in [5.41, 5.74) is 1.86. The molecular weight excluding hydrogens is 617 g/mol. The Morgan fingerprint density at radius 3 is 1.05 bits per heavy atom. The average Bonchev–Trinajstić information content (AvgIpc) is 2.89. The summed E-state index contributed by atoms with van der Waals surface area (Å²) in [5.74, 6) is 4.73. The van der Waals surface area contributed by atoms with Gasteiger partial charge in [-0.1, -0.05) is 35.4 Å². The standard InChI is InChI=1S/C12H28O5S2.2C7H8O3S/c13-1-7-18(8-2-14)11-5-17-6-12-19(9-3-15)10-4-16;2*1-6-2-4-7(5-3-6)11(8,9)10/h13-16H,1-12H2;2*2-5H,1H3,(H,8,9,10)/q+2;;/p-2. The molecule has 0 fully saturated rings. The van der Waals surface area contributed by atoms with Crippen LogP contribution in [-0.4, -0.2) is 121 Å². The van der Waals surface area contributed by atoms with Gasteiger partial charge in [0.05, 0.1) is 49.4 Å². The van der Waals surface area contributed by atoms with Gasteiger partial charge in [0, 0.05) is 0 Å². The molecule has 0 aliphatic carbocycles. The van der Waals surface area contributed by atoms with Crippen molar-refractivity contribution in [2.75, 3.05) is 74.2 Å². The first-order valence-electron chi connectivity index (χ1n) is 12.6. The van der Waals surface area contributed by atoms with Crippen molar-refractivity contribution < 1.29 is 51.1 Å². The molecule has 2 aromatic rings. The van der Waals surface area contributed by atoms with E-state index >= 15 is 0 Å². The molecule has 236 valence electrons. The van der Waals surface area contributed by atoms with Crippen molar-refractivity contribution in [1.82, 2.24) is 0 Å². The number of ether oxygens (including phenoxy) is 1. The van der Waals surface area contributed by atoms with Crippen LogP contribution in [0, 0.1) is 13.8 Å². The molecule has 11 nitrogen and oxygen atoms in total. The Balaban J connectivity index is 0.000000621. The van der Waals surface area contributed by atoms with E-state index in [1.807, 2.05) is 13.8 Å². The molecule has 2 aromatic carbocycles. The van der Waals surface area contributed by atoms with Gasteiger partial charge in [0.2, 0.25) is 0 Å². The zero-order valence-electron chi connectivity index (χ0n) is 23.4. The molecule has 0 bridgehead atoms. The minimum absolute atomic E-state index is 0.0518. The van der Waals surface area contributed by atoms with E-state index in [9.17, 15) is 25.9 Å². The van der Waals surface area contributed by atoms with Crippen molar-refractivity contribution in [1.29, 1.82) is 0 Å². The van der Waals surface area contributed by atoms with E-state index in [1.54, 1.807) is 24.3 Å². The van der Waals surface area contributed by atoms with Crippen LogP contribution in [0.2, 0.25) is 0 Å². The lowest BCUT2D eigenvalue weighted by Crippen LogP contribution is -2.26. The first kappa shape index (κ1) is 39.8. The molecule has 15 heteroatoms. The van der Waals surface area contributed by atoms with Crippen molar-refractivity contribution in [2.24, 2.45) is 0 Å². The summed E-state index contributed by atoms with van der Waals surface area (Å²) in [6, 6.07) is 11.6. The third-order valence-electron chi connectivity index (χ3n) is 5.17. The van der Waals surface area contributed by atoms with E-state index in [0.29, 0.717) is 13.2 Å². The summed E-state index contributed by atoms with van der Waals surface area (Å²) in [6.45, 7) is 5.61. The van der Waals surface area contributed by atoms with Gasteiger partial charge < -0.3 is 34.3 Å². The molecule has 2 rings (SSSR count). The van der Waals surface area contributed by atoms with E-state index in [1.165, 1.54) is 24.3 Å². The van der Waals surface area contributed by atoms with Crippen LogP contribution in [0.4, 0.5) is 0 Å². The van der Waals surface area contributed by atoms with Gasteiger partial charge in [0.1, 0.15) is 54.8 Å². The molecule has 0 saturated carbocycles. The number of rotatable bonds is 16. The van der Waals surface area contributed by atoms with Gasteiger partial charge in [0.25, 0.3) is 0 Å². The number of hydrogen-bond acceptors (Lipinski definition) is 11. The number of aliphatic hydroxyl groups excluding tert-OH is 4. The van der Waals surface area contributed by atoms with E-state index in [2.05, 4.69) is 0 Å². The molecule has 0 unspecified atom stereocenters. The van der Waals surface area contributed by atoms with Crippen LogP contribution >= 0.6 is 0 Å². The van der Waals surface area contributed by atoms with Crippen LogP contribution < -0.4 is 0 Å². The highest BCUT2D eigenvalue weighted by atomic mass is 32.2. The van der Waals surface area contributed by atoms with E-state index < -0.39 is 20.2 Å². The molecule has 0 radical (unpaired) electrons. The summed E-state index contributed by atoms with van der Waals surface area (Å²) < 4.78 is 67.9. The monoisotopic (exact) mass is 658 g/mol. The second-order valence-electron chi connectivity index (χ2n) is 8.49. The third-order valence-corrected chi connectivity index (χ3v) is 11.4. The normalized spacial score (nSPS) is 11.6. The van der Waals surface area contributed by atoms with Gasteiger partial charge in [-0.15, -0.1) is 0 Å². The molecule has 0 spiro atoms. The second kappa shape index (κ2) is 22.3. The molecule has 0 aromatic heterocycles. The SMILES string of the molecule is Cc1ccc(S(=O)(=O)[O-])cc1.Cc1ccc(S(=O)(=O)[O-])cc1.OCC[S+](CCO)CCOCC[S+](CCO)CCO. The van der Waals surface area contributed by atoms with E-state index in [0.717, 1.165) is 45.6 Å². The van der Waals surface area contributed by atoms with E-state index in [-0.39, 0.29) is 58.0 Å². The Kier molecular flexibility index (Phi) is 21.6. The first-order chi connectivity index (χ1) is 19.3. The fraction of sp³-hybridized carbons (Fsp3) is 0.538. The third kappa shape index (κ3) is 20.3. The fourth-order valence-corrected chi connectivity index (χ4v) is 6.90. The summed E-state index contributed by atoms with van der Waals surface area (Å²) in [4.78, 5) is -0.355. The van der Waals surface area contributed by atoms with Crippen LogP contribution in [0.3, 0.4) is 0 Å². The molecule has 4 N–H and O–H groups in total. The minimum atomic E-state index is -4.27. The van der Waals surface area contributed by atoms with Crippen molar-refractivity contribution in [2.45, 2.75) is 23.6 Å². The Labute approximate surface area is 249 Å². The summed E-state index contributed by atoms with van der Waals surface area (Å²) in [5, 5.41) is 35.6. The minimum Gasteiger partial charge on any atom is -0.744 e. The van der Waals surface area contributed by atoms with Gasteiger partial charge in [-0.2, -0.15) is 0 Å². The van der Waals surface area contributed by atoms with Gasteiger partial charge in [0.15, 0.2) is 0 Å². The van der Waals surface area contributed by atoms with Crippen LogP contribution in [0.15, 0.2) is 58.3 Å². The lowest BCUT2D eigenvalue weighted by atomic mass is 10.2. The maximum absolute atomic E-state index is 10.4. The maximum atomic E-state index is 10.4. The zero-order chi connectivity index (χ0) is 31.3. The molecular formula is C26H42O11S4. The van der Waals surface area contributed by atoms with Gasteiger partial charge in [-0.25, -0.2) is 16.8 Å². The maximum Gasteiger partial charge on any atom is 0.131 e. The largest absolute Gasteiger partial charge is 0.744 e. The molecule has 0 aliphatic rings. The Morgan fingerprint density at radius 1 is 0.561 bits per heavy atom. The smallest absolute Gasteiger partial charge is 0.131 e. The predicted molar refractivity (Wildman–Crippen MR) is 161 cm³/mol. The van der Waals surface area contributed by atoms with Crippen molar-refractivity contribution >= 4 is 42.0 Å². The molecule has 0 amide bonds. The van der Waals surface area contributed by atoms with Crippen molar-refractivity contribution in [3.05, 3.63) is 59.7 Å². The second-order valence-corrected chi connectivity index (χ2v) is 16.1. The zero-order valence-corrected chi connectivity index (χ0v) is 26.6. The van der Waals surface area contributed by atoms with Crippen LogP contribution in [-0.2, 0) is 46.8 Å². The lowest BCUT2D eigenvalue weighted by Gasteiger charge is -2.08. The molecule has 0 heterocycles. The molecule has 41 heavy (non-hydrogen) atoms. The topological polar surface area (TPSA) is 205 Å². The van der Waals surface area contributed by atoms with Gasteiger partial charge >= 0.3 is 0 Å². The van der Waals surface area contributed by atoms with Crippen LogP contribution in [0.1, 0.15) is 11.1 Å². The Bertz CT molecular complexity index is 1040. The number of aryl methyl sites for hydroxylation is 2. The van der Waals surface area contributed by atoms with Crippen molar-refractivity contribution in [3.63, 3.8) is 0 Å². The number of aliphatic hydroxyl groups is 4. The predicted octanol–water partition coefficient (Wildman–Crippen LogP) is 0.00704. The van der Waals surface area contributed by atoms with E-state index in [4.69, 9.17) is 25.2 Å². The number of benzene rings is 2. The molecule has 0 saturated heterocycles. The van der Waals surface area contributed by atoms with Gasteiger partial charge in [-0.3, -0.25) is 0 Å². The summed E-state index contributed by atoms with van der Waals surface area (Å²) >= 11 is 0. The lowest BCUT2D eigenvalue weighted by molar-refractivity contribution is 0.166. The Hall–Kier alpha value is -1.24. The first-order valence-corrected chi connectivity index (χ1v) is 18.9. The highest BCUT2D eigenvalue weighted by molar-refractivity contribution is 7.97. The number of hydrogen-bond donors (Lipinski definition) is 4. The fourth-order valence-electron chi connectivity index (χ4n) is 2.99. The Morgan fingerprint density at radius 2 is 0.829 bits per heavy atom.